The maximum Gasteiger partial charge on any atom is 0.401 e. The Labute approximate surface area is 109 Å². The van der Waals surface area contributed by atoms with E-state index >= 15 is 0 Å². The standard InChI is InChI=1S/C13H14F3N3/c1-10(18-8-13(14,15)16)11-3-2-4-12(7-11)19-6-5-17-9-19/h2-7,9-10,18H,8H2,1H3/t10-/m1/s1. The average Bonchev–Trinajstić information content (AvgIpc) is 2.89. The molecule has 6 heteroatoms. The Balaban J connectivity index is 2.10. The Kier molecular flexibility index (Phi) is 3.90. The predicted molar refractivity (Wildman–Crippen MR) is 66.0 cm³/mol. The van der Waals surface area contributed by atoms with Gasteiger partial charge in [0.2, 0.25) is 0 Å². The molecule has 2 aromatic rings. The zero-order chi connectivity index (χ0) is 13.9. The second-order valence-corrected chi connectivity index (χ2v) is 4.28. The minimum absolute atomic E-state index is 0.370. The SMILES string of the molecule is C[C@@H](NCC(F)(F)F)c1cccc(-n2ccnc2)c1. The lowest BCUT2D eigenvalue weighted by Gasteiger charge is -2.16. The molecular weight excluding hydrogens is 255 g/mol. The number of alkyl halides is 3. The van der Waals surface area contributed by atoms with Gasteiger partial charge in [0.15, 0.2) is 0 Å². The van der Waals surface area contributed by atoms with Crippen LogP contribution in [-0.4, -0.2) is 22.3 Å². The van der Waals surface area contributed by atoms with Crippen LogP contribution in [0.25, 0.3) is 5.69 Å². The van der Waals surface area contributed by atoms with Gasteiger partial charge < -0.3 is 9.88 Å². The molecule has 3 nitrogen and oxygen atoms in total. The number of halogens is 3. The third-order valence-corrected chi connectivity index (χ3v) is 2.78. The minimum Gasteiger partial charge on any atom is -0.306 e. The zero-order valence-electron chi connectivity index (χ0n) is 10.4. The largest absolute Gasteiger partial charge is 0.401 e. The smallest absolute Gasteiger partial charge is 0.306 e. The molecule has 0 amide bonds. The van der Waals surface area contributed by atoms with E-state index in [9.17, 15) is 13.2 Å². The van der Waals surface area contributed by atoms with E-state index < -0.39 is 12.7 Å². The van der Waals surface area contributed by atoms with E-state index in [1.807, 2.05) is 18.2 Å². The Hall–Kier alpha value is -1.82. The molecular formula is C13H14F3N3. The van der Waals surface area contributed by atoms with Gasteiger partial charge in [-0.2, -0.15) is 13.2 Å². The second-order valence-electron chi connectivity index (χ2n) is 4.28. The molecule has 19 heavy (non-hydrogen) atoms. The summed E-state index contributed by atoms with van der Waals surface area (Å²) in [5, 5.41) is 2.46. The fourth-order valence-corrected chi connectivity index (χ4v) is 1.75. The monoisotopic (exact) mass is 269 g/mol. The van der Waals surface area contributed by atoms with E-state index in [1.165, 1.54) is 0 Å². The summed E-state index contributed by atoms with van der Waals surface area (Å²) >= 11 is 0. The number of imidazole rings is 1. The van der Waals surface area contributed by atoms with E-state index in [4.69, 9.17) is 0 Å². The fraction of sp³-hybridized carbons (Fsp3) is 0.308. The average molecular weight is 269 g/mol. The second kappa shape index (κ2) is 5.44. The Morgan fingerprint density at radius 3 is 2.79 bits per heavy atom. The molecule has 2 rings (SSSR count). The van der Waals surface area contributed by atoms with Gasteiger partial charge in [-0.05, 0) is 24.6 Å². The quantitative estimate of drug-likeness (QED) is 0.924. The van der Waals surface area contributed by atoms with E-state index in [0.717, 1.165) is 11.3 Å². The summed E-state index contributed by atoms with van der Waals surface area (Å²) in [6.07, 6.45) is 0.883. The van der Waals surface area contributed by atoms with Gasteiger partial charge in [-0.1, -0.05) is 12.1 Å². The van der Waals surface area contributed by atoms with Crippen molar-refractivity contribution in [1.82, 2.24) is 14.9 Å². The summed E-state index contributed by atoms with van der Waals surface area (Å²) in [5.74, 6) is 0. The number of hydrogen-bond acceptors (Lipinski definition) is 2. The van der Waals surface area contributed by atoms with E-state index in [0.29, 0.717) is 0 Å². The number of aromatic nitrogens is 2. The molecule has 0 aliphatic heterocycles. The Bertz CT molecular complexity index is 520. The first-order valence-electron chi connectivity index (χ1n) is 5.84. The van der Waals surface area contributed by atoms with Crippen molar-refractivity contribution in [2.75, 3.05) is 6.54 Å². The minimum atomic E-state index is -4.20. The highest BCUT2D eigenvalue weighted by molar-refractivity contribution is 5.36. The molecule has 1 atom stereocenters. The van der Waals surface area contributed by atoms with Crippen LogP contribution in [0.2, 0.25) is 0 Å². The molecule has 0 unspecified atom stereocenters. The molecule has 0 bridgehead atoms. The molecule has 0 spiro atoms. The topological polar surface area (TPSA) is 29.9 Å². The maximum absolute atomic E-state index is 12.2. The number of nitrogens with one attached hydrogen (secondary N) is 1. The highest BCUT2D eigenvalue weighted by Crippen LogP contribution is 2.19. The summed E-state index contributed by atoms with van der Waals surface area (Å²) in [7, 11) is 0. The van der Waals surface area contributed by atoms with Crippen LogP contribution in [0.5, 0.6) is 0 Å². The summed E-state index contributed by atoms with van der Waals surface area (Å²) < 4.78 is 38.3. The summed E-state index contributed by atoms with van der Waals surface area (Å²) in [6.45, 7) is 0.711. The summed E-state index contributed by atoms with van der Waals surface area (Å²) in [5.41, 5.74) is 1.67. The fourth-order valence-electron chi connectivity index (χ4n) is 1.75. The molecule has 0 saturated carbocycles. The number of rotatable bonds is 4. The van der Waals surface area contributed by atoms with Crippen LogP contribution in [-0.2, 0) is 0 Å². The number of hydrogen-bond donors (Lipinski definition) is 1. The predicted octanol–water partition coefficient (Wildman–Crippen LogP) is 3.09. The molecule has 102 valence electrons. The lowest BCUT2D eigenvalue weighted by molar-refractivity contribution is -0.126. The lowest BCUT2D eigenvalue weighted by Crippen LogP contribution is -2.30. The number of benzene rings is 1. The van der Waals surface area contributed by atoms with Gasteiger partial charge in [-0.3, -0.25) is 0 Å². The molecule has 1 heterocycles. The van der Waals surface area contributed by atoms with Gasteiger partial charge in [-0.15, -0.1) is 0 Å². The first-order valence-corrected chi connectivity index (χ1v) is 5.84. The molecule has 1 aromatic heterocycles. The van der Waals surface area contributed by atoms with Crippen molar-refractivity contribution in [2.24, 2.45) is 0 Å². The highest BCUT2D eigenvalue weighted by atomic mass is 19.4. The van der Waals surface area contributed by atoms with Gasteiger partial charge in [-0.25, -0.2) is 4.98 Å². The van der Waals surface area contributed by atoms with Gasteiger partial charge >= 0.3 is 6.18 Å². The molecule has 0 fully saturated rings. The lowest BCUT2D eigenvalue weighted by atomic mass is 10.1. The third-order valence-electron chi connectivity index (χ3n) is 2.78. The van der Waals surface area contributed by atoms with E-state index in [2.05, 4.69) is 10.3 Å². The van der Waals surface area contributed by atoms with Gasteiger partial charge in [0.05, 0.1) is 12.9 Å². The van der Waals surface area contributed by atoms with Gasteiger partial charge in [0.1, 0.15) is 0 Å². The Morgan fingerprint density at radius 1 is 1.37 bits per heavy atom. The van der Waals surface area contributed by atoms with Crippen molar-refractivity contribution < 1.29 is 13.2 Å². The number of nitrogens with zero attached hydrogens (tertiary/aromatic N) is 2. The maximum atomic E-state index is 12.2. The molecule has 0 aliphatic rings. The first-order chi connectivity index (χ1) is 8.96. The molecule has 0 saturated heterocycles. The van der Waals surface area contributed by atoms with Gasteiger partial charge in [0.25, 0.3) is 0 Å². The van der Waals surface area contributed by atoms with Crippen LogP contribution in [0.4, 0.5) is 13.2 Å². The normalized spacial score (nSPS) is 13.5. The van der Waals surface area contributed by atoms with Crippen molar-refractivity contribution in [2.45, 2.75) is 19.1 Å². The summed E-state index contributed by atoms with van der Waals surface area (Å²) in [4.78, 5) is 3.94. The van der Waals surface area contributed by atoms with Crippen LogP contribution in [0.15, 0.2) is 43.0 Å². The van der Waals surface area contributed by atoms with Crippen LogP contribution in [0, 0.1) is 0 Å². The van der Waals surface area contributed by atoms with Crippen LogP contribution in [0.3, 0.4) is 0 Å². The van der Waals surface area contributed by atoms with Crippen molar-refractivity contribution in [1.29, 1.82) is 0 Å². The Morgan fingerprint density at radius 2 is 2.16 bits per heavy atom. The molecule has 1 N–H and O–H groups in total. The summed E-state index contributed by atoms with van der Waals surface area (Å²) in [6, 6.07) is 6.97. The van der Waals surface area contributed by atoms with Crippen LogP contribution in [0.1, 0.15) is 18.5 Å². The highest BCUT2D eigenvalue weighted by Gasteiger charge is 2.27. The molecule has 0 aliphatic carbocycles. The van der Waals surface area contributed by atoms with Gasteiger partial charge in [0, 0.05) is 24.1 Å². The van der Waals surface area contributed by atoms with Crippen molar-refractivity contribution in [3.8, 4) is 5.69 Å². The van der Waals surface area contributed by atoms with Crippen LogP contribution < -0.4 is 5.32 Å². The zero-order valence-corrected chi connectivity index (χ0v) is 10.4. The van der Waals surface area contributed by atoms with Crippen molar-refractivity contribution >= 4 is 0 Å². The van der Waals surface area contributed by atoms with Crippen LogP contribution >= 0.6 is 0 Å². The molecule has 0 radical (unpaired) electrons. The van der Waals surface area contributed by atoms with Crippen molar-refractivity contribution in [3.63, 3.8) is 0 Å². The molecule has 1 aromatic carbocycles. The van der Waals surface area contributed by atoms with E-state index in [1.54, 1.807) is 36.3 Å². The first kappa shape index (κ1) is 13.6. The third kappa shape index (κ3) is 3.82. The van der Waals surface area contributed by atoms with Crippen molar-refractivity contribution in [3.05, 3.63) is 48.5 Å². The van der Waals surface area contributed by atoms with E-state index in [-0.39, 0.29) is 6.04 Å².